The van der Waals surface area contributed by atoms with Crippen molar-refractivity contribution in [1.29, 1.82) is 0 Å². The van der Waals surface area contributed by atoms with Crippen LogP contribution in [0.2, 0.25) is 0 Å². The van der Waals surface area contributed by atoms with Gasteiger partial charge in [0.05, 0.1) is 11.5 Å². The van der Waals surface area contributed by atoms with Gasteiger partial charge in [0.15, 0.2) is 9.84 Å². The van der Waals surface area contributed by atoms with Crippen LogP contribution in [0, 0.1) is 0 Å². The van der Waals surface area contributed by atoms with E-state index in [0.29, 0.717) is 13.0 Å². The molecule has 1 N–H and O–H groups in total. The van der Waals surface area contributed by atoms with Crippen molar-refractivity contribution >= 4 is 21.7 Å². The smallest absolute Gasteiger partial charge is 0.231 e. The number of hydrogen-bond acceptors (Lipinski definition) is 4. The molecule has 0 aromatic rings. The highest BCUT2D eigenvalue weighted by Gasteiger charge is 2.29. The van der Waals surface area contributed by atoms with Gasteiger partial charge in [0.1, 0.15) is 6.42 Å². The molecule has 1 unspecified atom stereocenters. The largest absolute Gasteiger partial charge is 0.352 e. The van der Waals surface area contributed by atoms with E-state index >= 15 is 0 Å². The third-order valence-corrected chi connectivity index (χ3v) is 4.95. The molecule has 1 atom stereocenters. The van der Waals surface area contributed by atoms with E-state index in [4.69, 9.17) is 0 Å². The second-order valence-electron chi connectivity index (χ2n) is 5.01. The zero-order chi connectivity index (χ0) is 14.5. The minimum absolute atomic E-state index is 0.0153. The lowest BCUT2D eigenvalue weighted by molar-refractivity contribution is -0.135. The molecule has 1 heterocycles. The van der Waals surface area contributed by atoms with Crippen LogP contribution in [-0.4, -0.2) is 56.3 Å². The average molecular weight is 290 g/mol. The lowest BCUT2D eigenvalue weighted by Crippen LogP contribution is -2.39. The van der Waals surface area contributed by atoms with E-state index in [9.17, 15) is 18.0 Å². The first kappa shape index (κ1) is 15.9. The number of carbonyl (C=O) groups is 2. The summed E-state index contributed by atoms with van der Waals surface area (Å²) in [5.41, 5.74) is 0. The van der Waals surface area contributed by atoms with E-state index in [1.807, 2.05) is 6.92 Å². The molecule has 0 radical (unpaired) electrons. The van der Waals surface area contributed by atoms with Crippen molar-refractivity contribution in [2.45, 2.75) is 38.6 Å². The summed E-state index contributed by atoms with van der Waals surface area (Å²) in [6.45, 7) is 2.67. The van der Waals surface area contributed by atoms with Gasteiger partial charge in [-0.15, -0.1) is 0 Å². The van der Waals surface area contributed by atoms with Crippen LogP contribution in [0.5, 0.6) is 0 Å². The molecule has 0 spiro atoms. The van der Waals surface area contributed by atoms with Crippen LogP contribution in [0.1, 0.15) is 32.6 Å². The maximum absolute atomic E-state index is 11.7. The number of amides is 2. The van der Waals surface area contributed by atoms with E-state index in [1.54, 1.807) is 7.05 Å². The average Bonchev–Trinajstić information content (AvgIpc) is 2.65. The van der Waals surface area contributed by atoms with Gasteiger partial charge in [-0.2, -0.15) is 0 Å². The number of nitrogens with one attached hydrogen (secondary N) is 1. The molecule has 2 amide bonds. The molecular formula is C12H22N2O4S. The summed E-state index contributed by atoms with van der Waals surface area (Å²) in [6, 6.07) is -0.341. The number of carbonyl (C=O) groups excluding carboxylic acids is 2. The molecule has 1 aliphatic heterocycles. The maximum atomic E-state index is 11.7. The van der Waals surface area contributed by atoms with Gasteiger partial charge < -0.3 is 10.2 Å². The first-order valence-corrected chi connectivity index (χ1v) is 8.40. The van der Waals surface area contributed by atoms with Gasteiger partial charge in [0, 0.05) is 19.6 Å². The van der Waals surface area contributed by atoms with E-state index in [0.717, 1.165) is 12.8 Å². The topological polar surface area (TPSA) is 83.6 Å². The van der Waals surface area contributed by atoms with Gasteiger partial charge in [0.25, 0.3) is 0 Å². The third-order valence-electron chi connectivity index (χ3n) is 3.18. The minimum Gasteiger partial charge on any atom is -0.352 e. The van der Waals surface area contributed by atoms with Crippen molar-refractivity contribution in [3.63, 3.8) is 0 Å². The number of nitrogens with zero attached hydrogens (tertiary/aromatic N) is 1. The predicted molar refractivity (Wildman–Crippen MR) is 72.4 cm³/mol. The predicted octanol–water partition coefficient (Wildman–Crippen LogP) is -0.0617. The fourth-order valence-corrected chi connectivity index (χ4v) is 3.65. The van der Waals surface area contributed by atoms with Crippen molar-refractivity contribution in [1.82, 2.24) is 10.2 Å². The van der Waals surface area contributed by atoms with E-state index in [2.05, 4.69) is 5.32 Å². The highest BCUT2D eigenvalue weighted by atomic mass is 32.2. The lowest BCUT2D eigenvalue weighted by atomic mass is 10.2. The van der Waals surface area contributed by atoms with E-state index in [-0.39, 0.29) is 29.9 Å². The van der Waals surface area contributed by atoms with Gasteiger partial charge in [0.2, 0.25) is 11.8 Å². The molecule has 1 aliphatic rings. The van der Waals surface area contributed by atoms with Crippen LogP contribution in [0.15, 0.2) is 0 Å². The van der Waals surface area contributed by atoms with Crippen molar-refractivity contribution < 1.29 is 18.0 Å². The zero-order valence-corrected chi connectivity index (χ0v) is 12.3. The Bertz CT molecular complexity index is 433. The summed E-state index contributed by atoms with van der Waals surface area (Å²) in [5, 5.41) is 2.61. The Morgan fingerprint density at radius 3 is 2.58 bits per heavy atom. The van der Waals surface area contributed by atoms with Gasteiger partial charge in [-0.25, -0.2) is 8.42 Å². The molecule has 0 aliphatic carbocycles. The first-order valence-electron chi connectivity index (χ1n) is 6.58. The molecule has 110 valence electrons. The zero-order valence-electron chi connectivity index (χ0n) is 11.5. The molecule has 0 saturated carbocycles. The standard InChI is InChI=1S/C12H22N2O4S/c1-3-4-6-14(2)12(16)8-11(15)13-10-5-7-19(17,18)9-10/h10H,3-9H2,1-2H3,(H,13,15). The Kier molecular flexibility index (Phi) is 5.78. The van der Waals surface area contributed by atoms with Gasteiger partial charge in [-0.3, -0.25) is 9.59 Å². The Balaban J connectivity index is 2.33. The quantitative estimate of drug-likeness (QED) is 0.695. The van der Waals surface area contributed by atoms with Crippen LogP contribution in [0.4, 0.5) is 0 Å². The molecule has 6 nitrogen and oxygen atoms in total. The Morgan fingerprint density at radius 2 is 2.05 bits per heavy atom. The maximum Gasteiger partial charge on any atom is 0.231 e. The van der Waals surface area contributed by atoms with Crippen LogP contribution < -0.4 is 5.32 Å². The van der Waals surface area contributed by atoms with Crippen molar-refractivity contribution in [3.05, 3.63) is 0 Å². The van der Waals surface area contributed by atoms with Crippen molar-refractivity contribution in [2.24, 2.45) is 0 Å². The number of unbranched alkanes of at least 4 members (excludes halogenated alkanes) is 1. The Hall–Kier alpha value is -1.11. The summed E-state index contributed by atoms with van der Waals surface area (Å²) in [7, 11) is -1.34. The number of sulfone groups is 1. The second kappa shape index (κ2) is 6.88. The van der Waals surface area contributed by atoms with Crippen LogP contribution >= 0.6 is 0 Å². The normalized spacial score (nSPS) is 21.1. The summed E-state index contributed by atoms with van der Waals surface area (Å²) in [6.07, 6.45) is 2.12. The monoisotopic (exact) mass is 290 g/mol. The van der Waals surface area contributed by atoms with Crippen LogP contribution in [-0.2, 0) is 19.4 Å². The second-order valence-corrected chi connectivity index (χ2v) is 7.24. The molecule has 19 heavy (non-hydrogen) atoms. The van der Waals surface area contributed by atoms with Crippen molar-refractivity contribution in [3.8, 4) is 0 Å². The molecular weight excluding hydrogens is 268 g/mol. The summed E-state index contributed by atoms with van der Waals surface area (Å²) >= 11 is 0. The summed E-state index contributed by atoms with van der Waals surface area (Å²) in [5.74, 6) is -0.525. The fraction of sp³-hybridized carbons (Fsp3) is 0.833. The van der Waals surface area contributed by atoms with E-state index in [1.165, 1.54) is 4.90 Å². The third kappa shape index (κ3) is 5.59. The molecule has 7 heteroatoms. The summed E-state index contributed by atoms with van der Waals surface area (Å²) in [4.78, 5) is 24.9. The SMILES string of the molecule is CCCCN(C)C(=O)CC(=O)NC1CCS(=O)(=O)C1. The van der Waals surface area contributed by atoms with Gasteiger partial charge in [-0.1, -0.05) is 13.3 Å². The van der Waals surface area contributed by atoms with E-state index < -0.39 is 15.7 Å². The van der Waals surface area contributed by atoms with Crippen LogP contribution in [0.3, 0.4) is 0 Å². The highest BCUT2D eigenvalue weighted by molar-refractivity contribution is 7.91. The Labute approximate surface area is 114 Å². The molecule has 1 fully saturated rings. The Morgan fingerprint density at radius 1 is 1.37 bits per heavy atom. The van der Waals surface area contributed by atoms with Gasteiger partial charge >= 0.3 is 0 Å². The fourth-order valence-electron chi connectivity index (χ4n) is 1.98. The van der Waals surface area contributed by atoms with Crippen LogP contribution in [0.25, 0.3) is 0 Å². The highest BCUT2D eigenvalue weighted by Crippen LogP contribution is 2.11. The summed E-state index contributed by atoms with van der Waals surface area (Å²) < 4.78 is 22.5. The number of hydrogen-bond donors (Lipinski definition) is 1. The molecule has 0 aromatic carbocycles. The number of rotatable bonds is 6. The first-order chi connectivity index (χ1) is 8.84. The molecule has 0 bridgehead atoms. The minimum atomic E-state index is -3.01. The van der Waals surface area contributed by atoms with Gasteiger partial charge in [-0.05, 0) is 12.8 Å². The molecule has 0 aromatic heterocycles. The lowest BCUT2D eigenvalue weighted by Gasteiger charge is -2.17. The molecule has 1 rings (SSSR count). The van der Waals surface area contributed by atoms with Crippen molar-refractivity contribution in [2.75, 3.05) is 25.1 Å². The molecule has 1 saturated heterocycles.